The topological polar surface area (TPSA) is 114 Å². The van der Waals surface area contributed by atoms with Gasteiger partial charge in [-0.1, -0.05) is 0 Å². The van der Waals surface area contributed by atoms with Crippen LogP contribution in [0.2, 0.25) is 0 Å². The van der Waals surface area contributed by atoms with Crippen molar-refractivity contribution < 1.29 is 14.3 Å². The first kappa shape index (κ1) is 19.5. The minimum absolute atomic E-state index is 0.0199. The van der Waals surface area contributed by atoms with E-state index in [2.05, 4.69) is 26.8 Å². The van der Waals surface area contributed by atoms with Crippen molar-refractivity contribution >= 4 is 17.2 Å². The number of nitrogens with zero attached hydrogens (tertiary/aromatic N) is 4. The molecule has 31 heavy (non-hydrogen) atoms. The molecule has 1 aliphatic carbocycles. The molecule has 1 amide bonds. The lowest BCUT2D eigenvalue weighted by Gasteiger charge is -2.24. The van der Waals surface area contributed by atoms with Gasteiger partial charge >= 0.3 is 0 Å². The second kappa shape index (κ2) is 8.34. The van der Waals surface area contributed by atoms with Gasteiger partial charge in [-0.05, 0) is 36.6 Å². The van der Waals surface area contributed by atoms with E-state index < -0.39 is 0 Å². The standard InChI is InChI=1S/C22H22N6O3/c23-10-16-8-19(20(12-25-16)31-13-18-11-24-4-6-30-18)15-3-5-28-17(7-15)9-21(27-28)26-22(29)14-1-2-14/h3,5,7-9,12,14,18,24H,1-2,4,6,11,13H2,(H,26,27,29)/t18-/m1/s1. The lowest BCUT2D eigenvalue weighted by Crippen LogP contribution is -2.41. The zero-order valence-electron chi connectivity index (χ0n) is 16.9. The number of hydrogen-bond acceptors (Lipinski definition) is 7. The summed E-state index contributed by atoms with van der Waals surface area (Å²) in [4.78, 5) is 16.2. The minimum atomic E-state index is -0.0350. The van der Waals surface area contributed by atoms with Crippen molar-refractivity contribution in [3.05, 3.63) is 42.4 Å². The van der Waals surface area contributed by atoms with Gasteiger partial charge in [0.1, 0.15) is 30.2 Å². The number of rotatable bonds is 6. The summed E-state index contributed by atoms with van der Waals surface area (Å²) in [5.41, 5.74) is 2.76. The molecular formula is C22H22N6O3. The number of fused-ring (bicyclic) bond motifs is 1. The van der Waals surface area contributed by atoms with Crippen LogP contribution in [0.5, 0.6) is 5.75 Å². The first-order chi connectivity index (χ1) is 15.2. The van der Waals surface area contributed by atoms with Crippen molar-refractivity contribution in [3.8, 4) is 22.9 Å². The second-order valence-electron chi connectivity index (χ2n) is 7.76. The number of carbonyl (C=O) groups excluding carboxylic acids is 1. The molecule has 9 heteroatoms. The van der Waals surface area contributed by atoms with E-state index in [4.69, 9.17) is 9.47 Å². The molecular weight excluding hydrogens is 396 g/mol. The van der Waals surface area contributed by atoms with E-state index in [1.165, 1.54) is 0 Å². The average Bonchev–Trinajstić information content (AvgIpc) is 3.58. The summed E-state index contributed by atoms with van der Waals surface area (Å²) in [6.07, 6.45) is 5.25. The van der Waals surface area contributed by atoms with Gasteiger partial charge in [-0.15, -0.1) is 0 Å². The van der Waals surface area contributed by atoms with Crippen molar-refractivity contribution in [1.29, 1.82) is 5.26 Å². The maximum atomic E-state index is 12.0. The number of carbonyl (C=O) groups is 1. The van der Waals surface area contributed by atoms with Crippen LogP contribution < -0.4 is 15.4 Å². The maximum Gasteiger partial charge on any atom is 0.228 e. The molecule has 0 unspecified atom stereocenters. The van der Waals surface area contributed by atoms with Gasteiger partial charge in [0.05, 0.1) is 18.3 Å². The van der Waals surface area contributed by atoms with Crippen molar-refractivity contribution in [3.63, 3.8) is 0 Å². The van der Waals surface area contributed by atoms with Gasteiger partial charge in [0, 0.05) is 36.8 Å². The van der Waals surface area contributed by atoms with Crippen molar-refractivity contribution in [1.82, 2.24) is 19.9 Å². The van der Waals surface area contributed by atoms with Crippen LogP contribution in [0.4, 0.5) is 5.82 Å². The second-order valence-corrected chi connectivity index (χ2v) is 7.76. The van der Waals surface area contributed by atoms with Crippen molar-refractivity contribution in [2.45, 2.75) is 18.9 Å². The fourth-order valence-electron chi connectivity index (χ4n) is 3.55. The van der Waals surface area contributed by atoms with E-state index in [0.29, 0.717) is 30.5 Å². The van der Waals surface area contributed by atoms with Crippen molar-refractivity contribution in [2.75, 3.05) is 31.6 Å². The third-order valence-electron chi connectivity index (χ3n) is 5.38. The van der Waals surface area contributed by atoms with Crippen molar-refractivity contribution in [2.24, 2.45) is 5.92 Å². The van der Waals surface area contributed by atoms with Gasteiger partial charge in [-0.25, -0.2) is 9.50 Å². The fourth-order valence-corrected chi connectivity index (χ4v) is 3.55. The summed E-state index contributed by atoms with van der Waals surface area (Å²) in [6, 6.07) is 9.47. The van der Waals surface area contributed by atoms with Crippen LogP contribution >= 0.6 is 0 Å². The molecule has 2 fully saturated rings. The van der Waals surface area contributed by atoms with Crippen LogP contribution in [-0.2, 0) is 9.53 Å². The summed E-state index contributed by atoms with van der Waals surface area (Å²) in [7, 11) is 0. The Morgan fingerprint density at radius 1 is 1.39 bits per heavy atom. The summed E-state index contributed by atoms with van der Waals surface area (Å²) in [5.74, 6) is 1.25. The van der Waals surface area contributed by atoms with Gasteiger partial charge in [0.2, 0.25) is 5.91 Å². The number of hydrogen-bond donors (Lipinski definition) is 2. The molecule has 2 aliphatic rings. The van der Waals surface area contributed by atoms with E-state index in [-0.39, 0.29) is 17.9 Å². The van der Waals surface area contributed by atoms with Crippen LogP contribution in [0.15, 0.2) is 36.7 Å². The summed E-state index contributed by atoms with van der Waals surface area (Å²) < 4.78 is 13.4. The molecule has 3 aromatic rings. The van der Waals surface area contributed by atoms with Crippen LogP contribution in [0, 0.1) is 17.2 Å². The maximum absolute atomic E-state index is 12.0. The number of pyridine rings is 2. The average molecular weight is 418 g/mol. The first-order valence-corrected chi connectivity index (χ1v) is 10.4. The molecule has 0 spiro atoms. The molecule has 0 aromatic carbocycles. The Bertz CT molecular complexity index is 1160. The van der Waals surface area contributed by atoms with Gasteiger partial charge in [0.15, 0.2) is 5.82 Å². The molecule has 5 rings (SSSR count). The highest BCUT2D eigenvalue weighted by molar-refractivity contribution is 5.93. The molecule has 0 radical (unpaired) electrons. The molecule has 1 atom stereocenters. The largest absolute Gasteiger partial charge is 0.489 e. The van der Waals surface area contributed by atoms with Gasteiger partial charge in [0.25, 0.3) is 0 Å². The quantitative estimate of drug-likeness (QED) is 0.629. The number of anilines is 1. The van der Waals surface area contributed by atoms with Crippen LogP contribution in [0.3, 0.4) is 0 Å². The van der Waals surface area contributed by atoms with E-state index in [1.807, 2.05) is 24.4 Å². The third-order valence-corrected chi connectivity index (χ3v) is 5.38. The molecule has 3 aromatic heterocycles. The smallest absolute Gasteiger partial charge is 0.228 e. The number of nitriles is 1. The van der Waals surface area contributed by atoms with Crippen LogP contribution in [0.25, 0.3) is 16.6 Å². The summed E-state index contributed by atoms with van der Waals surface area (Å²) in [5, 5.41) is 19.9. The number of morpholine rings is 1. The van der Waals surface area contributed by atoms with E-state index >= 15 is 0 Å². The predicted octanol–water partition coefficient (Wildman–Crippen LogP) is 1.98. The van der Waals surface area contributed by atoms with E-state index in [9.17, 15) is 10.1 Å². The fraction of sp³-hybridized carbons (Fsp3) is 0.364. The predicted molar refractivity (Wildman–Crippen MR) is 113 cm³/mol. The first-order valence-electron chi connectivity index (χ1n) is 10.4. The van der Waals surface area contributed by atoms with E-state index in [0.717, 1.165) is 42.6 Å². The normalized spacial score (nSPS) is 18.5. The zero-order valence-corrected chi connectivity index (χ0v) is 16.9. The monoisotopic (exact) mass is 418 g/mol. The molecule has 4 heterocycles. The third kappa shape index (κ3) is 4.35. The number of amides is 1. The molecule has 9 nitrogen and oxygen atoms in total. The lowest BCUT2D eigenvalue weighted by atomic mass is 10.1. The highest BCUT2D eigenvalue weighted by Gasteiger charge is 2.30. The highest BCUT2D eigenvalue weighted by atomic mass is 16.5. The number of nitrogens with one attached hydrogen (secondary N) is 2. The highest BCUT2D eigenvalue weighted by Crippen LogP contribution is 2.32. The van der Waals surface area contributed by atoms with Gasteiger partial charge in [-0.3, -0.25) is 4.79 Å². The van der Waals surface area contributed by atoms with E-state index in [1.54, 1.807) is 16.8 Å². The Kier molecular flexibility index (Phi) is 5.24. The number of aromatic nitrogens is 3. The molecule has 1 aliphatic heterocycles. The van der Waals surface area contributed by atoms with Gasteiger partial charge in [-0.2, -0.15) is 10.4 Å². The molecule has 1 saturated carbocycles. The van der Waals surface area contributed by atoms with Gasteiger partial charge < -0.3 is 20.1 Å². The molecule has 1 saturated heterocycles. The van der Waals surface area contributed by atoms with Crippen LogP contribution in [0.1, 0.15) is 18.5 Å². The zero-order chi connectivity index (χ0) is 21.2. The summed E-state index contributed by atoms with van der Waals surface area (Å²) in [6.45, 7) is 2.62. The SMILES string of the molecule is N#Cc1cc(-c2ccn3nc(NC(=O)C4CC4)cc3c2)c(OC[C@H]2CNCCO2)cn1. The lowest BCUT2D eigenvalue weighted by molar-refractivity contribution is -0.117. The summed E-state index contributed by atoms with van der Waals surface area (Å²) >= 11 is 0. The number of ether oxygens (including phenoxy) is 2. The molecule has 2 N–H and O–H groups in total. The Hall–Kier alpha value is -3.48. The minimum Gasteiger partial charge on any atom is -0.489 e. The Labute approximate surface area is 179 Å². The Morgan fingerprint density at radius 2 is 2.29 bits per heavy atom. The Balaban J connectivity index is 1.41. The van der Waals surface area contributed by atoms with Crippen LogP contribution in [-0.4, -0.2) is 52.9 Å². The molecule has 158 valence electrons. The Morgan fingerprint density at radius 3 is 3.06 bits per heavy atom. The molecule has 0 bridgehead atoms.